The van der Waals surface area contributed by atoms with Crippen LogP contribution in [0.3, 0.4) is 0 Å². The van der Waals surface area contributed by atoms with Crippen molar-refractivity contribution in [3.8, 4) is 0 Å². The van der Waals surface area contributed by atoms with Gasteiger partial charge in [-0.1, -0.05) is 30.3 Å². The summed E-state index contributed by atoms with van der Waals surface area (Å²) in [5, 5.41) is 16.9. The molecule has 0 fully saturated rings. The first kappa shape index (κ1) is 19.0. The van der Waals surface area contributed by atoms with Crippen molar-refractivity contribution in [1.29, 1.82) is 0 Å². The molecule has 6 heteroatoms. The van der Waals surface area contributed by atoms with Crippen LogP contribution in [0.2, 0.25) is 0 Å². The van der Waals surface area contributed by atoms with Gasteiger partial charge in [0.25, 0.3) is 0 Å². The Morgan fingerprint density at radius 1 is 1.28 bits per heavy atom. The van der Waals surface area contributed by atoms with Crippen LogP contribution < -0.4 is 5.32 Å². The topological polar surface area (TPSA) is 70.4 Å². The van der Waals surface area contributed by atoms with Crippen molar-refractivity contribution in [1.82, 2.24) is 20.0 Å². The number of carbonyl (C=O) groups is 1. The molecule has 0 aliphatic heterocycles. The molecule has 1 aromatic heterocycles. The molecule has 3 atom stereocenters. The van der Waals surface area contributed by atoms with Gasteiger partial charge in [-0.3, -0.25) is 4.68 Å². The molecule has 25 heavy (non-hydrogen) atoms. The molecule has 1 aromatic carbocycles. The maximum atomic E-state index is 12.5. The lowest BCUT2D eigenvalue weighted by atomic mass is 9.93. The van der Waals surface area contributed by atoms with Gasteiger partial charge in [0.05, 0.1) is 18.3 Å². The number of nitrogens with one attached hydrogen (secondary N) is 1. The number of benzene rings is 1. The predicted octanol–water partition coefficient (Wildman–Crippen LogP) is 2.68. The number of hydrogen-bond acceptors (Lipinski definition) is 3. The van der Waals surface area contributed by atoms with E-state index in [1.165, 1.54) is 0 Å². The molecule has 0 saturated heterocycles. The van der Waals surface area contributed by atoms with Gasteiger partial charge in [0, 0.05) is 38.3 Å². The zero-order valence-electron chi connectivity index (χ0n) is 15.4. The second kappa shape index (κ2) is 8.67. The molecule has 136 valence electrons. The van der Waals surface area contributed by atoms with E-state index in [-0.39, 0.29) is 18.0 Å². The average molecular weight is 344 g/mol. The Morgan fingerprint density at radius 3 is 2.52 bits per heavy atom. The van der Waals surface area contributed by atoms with Crippen LogP contribution in [0.5, 0.6) is 0 Å². The van der Waals surface area contributed by atoms with Crippen molar-refractivity contribution in [2.45, 2.75) is 38.3 Å². The number of nitrogens with zero attached hydrogens (tertiary/aromatic N) is 3. The highest BCUT2D eigenvalue weighted by atomic mass is 16.3. The summed E-state index contributed by atoms with van der Waals surface area (Å²) in [5.41, 5.74) is 2.11. The molecular weight excluding hydrogens is 316 g/mol. The quantitative estimate of drug-likeness (QED) is 0.811. The average Bonchev–Trinajstić information content (AvgIpc) is 3.03. The van der Waals surface area contributed by atoms with Crippen LogP contribution >= 0.6 is 0 Å². The second-order valence-electron chi connectivity index (χ2n) is 6.61. The highest BCUT2D eigenvalue weighted by Gasteiger charge is 2.20. The summed E-state index contributed by atoms with van der Waals surface area (Å²) in [5.74, 6) is 0.0762. The molecule has 2 rings (SSSR count). The van der Waals surface area contributed by atoms with Gasteiger partial charge in [0.1, 0.15) is 0 Å². The van der Waals surface area contributed by atoms with Crippen molar-refractivity contribution in [2.24, 2.45) is 7.05 Å². The number of aliphatic hydroxyl groups excluding tert-OH is 1. The first-order chi connectivity index (χ1) is 11.9. The summed E-state index contributed by atoms with van der Waals surface area (Å²) in [6, 6.07) is 9.77. The fourth-order valence-electron chi connectivity index (χ4n) is 2.86. The summed E-state index contributed by atoms with van der Waals surface area (Å²) < 4.78 is 1.73. The molecule has 0 saturated carbocycles. The molecule has 0 aliphatic rings. The first-order valence-electron chi connectivity index (χ1n) is 8.60. The van der Waals surface area contributed by atoms with E-state index in [1.54, 1.807) is 29.7 Å². The Morgan fingerprint density at radius 2 is 1.96 bits per heavy atom. The summed E-state index contributed by atoms with van der Waals surface area (Å²) in [6.45, 7) is 4.23. The van der Waals surface area contributed by atoms with Gasteiger partial charge in [-0.15, -0.1) is 0 Å². The van der Waals surface area contributed by atoms with E-state index < -0.39 is 6.10 Å². The van der Waals surface area contributed by atoms with Gasteiger partial charge in [-0.2, -0.15) is 5.10 Å². The van der Waals surface area contributed by atoms with E-state index in [0.717, 1.165) is 11.1 Å². The van der Waals surface area contributed by atoms with E-state index in [9.17, 15) is 9.90 Å². The van der Waals surface area contributed by atoms with Crippen molar-refractivity contribution in [3.05, 3.63) is 53.9 Å². The molecule has 0 radical (unpaired) electrons. The zero-order valence-corrected chi connectivity index (χ0v) is 15.4. The fraction of sp³-hybridized carbons (Fsp3) is 0.474. The molecule has 6 nitrogen and oxygen atoms in total. The summed E-state index contributed by atoms with van der Waals surface area (Å²) in [7, 11) is 3.63. The van der Waals surface area contributed by atoms with E-state index in [4.69, 9.17) is 0 Å². The maximum Gasteiger partial charge on any atom is 0.317 e. The molecule has 3 unspecified atom stereocenters. The van der Waals surface area contributed by atoms with E-state index in [1.807, 2.05) is 50.5 Å². The van der Waals surface area contributed by atoms with E-state index in [2.05, 4.69) is 10.4 Å². The number of urea groups is 1. The zero-order chi connectivity index (χ0) is 18.4. The molecule has 0 bridgehead atoms. The Labute approximate surface area is 149 Å². The number of amides is 2. The molecule has 1 heterocycles. The van der Waals surface area contributed by atoms with Crippen molar-refractivity contribution >= 4 is 6.03 Å². The van der Waals surface area contributed by atoms with Gasteiger partial charge < -0.3 is 15.3 Å². The lowest BCUT2D eigenvalue weighted by Gasteiger charge is -2.26. The minimum Gasteiger partial charge on any atom is -0.393 e. The van der Waals surface area contributed by atoms with Gasteiger partial charge in [0.15, 0.2) is 0 Å². The van der Waals surface area contributed by atoms with Crippen molar-refractivity contribution < 1.29 is 9.90 Å². The normalized spacial score (nSPS) is 14.6. The second-order valence-corrected chi connectivity index (χ2v) is 6.61. The summed E-state index contributed by atoms with van der Waals surface area (Å²) in [4.78, 5) is 14.2. The number of aryl methyl sites for hydroxylation is 1. The minimum atomic E-state index is -0.422. The largest absolute Gasteiger partial charge is 0.393 e. The number of aromatic nitrogens is 2. The molecule has 2 aromatic rings. The number of rotatable bonds is 7. The van der Waals surface area contributed by atoms with Crippen LogP contribution in [0.15, 0.2) is 42.7 Å². The van der Waals surface area contributed by atoms with Crippen molar-refractivity contribution in [3.63, 3.8) is 0 Å². The Hall–Kier alpha value is -2.34. The van der Waals surface area contributed by atoms with Gasteiger partial charge >= 0.3 is 6.03 Å². The third-order valence-corrected chi connectivity index (χ3v) is 4.50. The lowest BCUT2D eigenvalue weighted by molar-refractivity contribution is 0.170. The van der Waals surface area contributed by atoms with Crippen LogP contribution in [0.4, 0.5) is 4.79 Å². The number of aliphatic hydroxyl groups is 1. The van der Waals surface area contributed by atoms with E-state index in [0.29, 0.717) is 13.0 Å². The fourth-order valence-corrected chi connectivity index (χ4v) is 2.86. The maximum absolute atomic E-state index is 12.5. The molecule has 2 N–H and O–H groups in total. The monoisotopic (exact) mass is 344 g/mol. The summed E-state index contributed by atoms with van der Waals surface area (Å²) >= 11 is 0. The van der Waals surface area contributed by atoms with Crippen LogP contribution in [-0.2, 0) is 7.05 Å². The Kier molecular flexibility index (Phi) is 6.58. The third-order valence-electron chi connectivity index (χ3n) is 4.50. The van der Waals surface area contributed by atoms with Gasteiger partial charge in [-0.25, -0.2) is 4.79 Å². The Balaban J connectivity index is 1.98. The highest BCUT2D eigenvalue weighted by molar-refractivity contribution is 5.74. The molecule has 0 aliphatic carbocycles. The third kappa shape index (κ3) is 5.32. The predicted molar refractivity (Wildman–Crippen MR) is 98.3 cm³/mol. The van der Waals surface area contributed by atoms with Gasteiger partial charge in [0.2, 0.25) is 0 Å². The number of carbonyl (C=O) groups excluding carboxylic acids is 1. The first-order valence-corrected chi connectivity index (χ1v) is 8.60. The molecule has 2 amide bonds. The smallest absolute Gasteiger partial charge is 0.317 e. The standard InChI is InChI=1S/C19H28N4O2/c1-14(24)10-17(16-8-6-5-7-9-16)11-20-19(25)23(4)15(2)18-12-21-22(3)13-18/h5-9,12-15,17,24H,10-11H2,1-4H3,(H,20,25). The highest BCUT2D eigenvalue weighted by Crippen LogP contribution is 2.21. The van der Waals surface area contributed by atoms with E-state index >= 15 is 0 Å². The van der Waals surface area contributed by atoms with Crippen LogP contribution in [-0.4, -0.2) is 45.5 Å². The van der Waals surface area contributed by atoms with Crippen LogP contribution in [0, 0.1) is 0 Å². The SMILES string of the molecule is CC(O)CC(CNC(=O)N(C)C(C)c1cnn(C)c1)c1ccccc1. The van der Waals surface area contributed by atoms with Crippen LogP contribution in [0.1, 0.15) is 43.4 Å². The Bertz CT molecular complexity index is 669. The summed E-state index contributed by atoms with van der Waals surface area (Å²) in [6.07, 6.45) is 3.87. The lowest BCUT2D eigenvalue weighted by Crippen LogP contribution is -2.40. The van der Waals surface area contributed by atoms with Gasteiger partial charge in [-0.05, 0) is 25.8 Å². The van der Waals surface area contributed by atoms with Crippen molar-refractivity contribution in [2.75, 3.05) is 13.6 Å². The molecular formula is C19H28N4O2. The number of hydrogen-bond donors (Lipinski definition) is 2. The minimum absolute atomic E-state index is 0.0689. The van der Waals surface area contributed by atoms with Crippen LogP contribution in [0.25, 0.3) is 0 Å². The molecule has 0 spiro atoms.